The van der Waals surface area contributed by atoms with E-state index in [4.69, 9.17) is 0 Å². The number of hydrogen-bond acceptors (Lipinski definition) is 3. The zero-order valence-electron chi connectivity index (χ0n) is 10.9. The Hall–Kier alpha value is -0.910. The van der Waals surface area contributed by atoms with Gasteiger partial charge in [-0.1, -0.05) is 17.7 Å². The lowest BCUT2D eigenvalue weighted by atomic mass is 10.1. The molecule has 2 rings (SSSR count). The smallest absolute Gasteiger partial charge is 0.124 e. The summed E-state index contributed by atoms with van der Waals surface area (Å²) in [6.45, 7) is 5.49. The van der Waals surface area contributed by atoms with Gasteiger partial charge < -0.3 is 9.87 Å². The summed E-state index contributed by atoms with van der Waals surface area (Å²) >= 11 is 0. The maximum absolute atomic E-state index is 10.4. The fourth-order valence-electron chi connectivity index (χ4n) is 1.84. The lowest BCUT2D eigenvalue weighted by Gasteiger charge is -2.14. The summed E-state index contributed by atoms with van der Waals surface area (Å²) in [6, 6.07) is 6.69. The Morgan fingerprint density at radius 2 is 1.83 bits per heavy atom. The van der Waals surface area contributed by atoms with Gasteiger partial charge in [0.2, 0.25) is 0 Å². The summed E-state index contributed by atoms with van der Waals surface area (Å²) in [5.74, 6) is 0. The van der Waals surface area contributed by atoms with Crippen molar-refractivity contribution in [3.05, 3.63) is 29.8 Å². The number of nitrogens with two attached hydrogens (primary N) is 1. The SMILES string of the molecule is CC1CCCC[NH2+]1.Cc1ccc(S(=O)(=O)[O-])cc1. The van der Waals surface area contributed by atoms with E-state index < -0.39 is 10.1 Å². The molecule has 18 heavy (non-hydrogen) atoms. The van der Waals surface area contributed by atoms with Crippen molar-refractivity contribution < 1.29 is 18.3 Å². The van der Waals surface area contributed by atoms with Gasteiger partial charge in [0, 0.05) is 0 Å². The van der Waals surface area contributed by atoms with Crippen molar-refractivity contribution in [2.45, 2.75) is 44.0 Å². The van der Waals surface area contributed by atoms with Crippen LogP contribution < -0.4 is 5.32 Å². The Labute approximate surface area is 109 Å². The van der Waals surface area contributed by atoms with Crippen LogP contribution in [0.3, 0.4) is 0 Å². The molecule has 1 fully saturated rings. The minimum Gasteiger partial charge on any atom is -0.744 e. The van der Waals surface area contributed by atoms with Crippen LogP contribution in [0, 0.1) is 6.92 Å². The molecular formula is C13H21NO3S. The lowest BCUT2D eigenvalue weighted by molar-refractivity contribution is -0.694. The van der Waals surface area contributed by atoms with Gasteiger partial charge in [-0.05, 0) is 45.2 Å². The summed E-state index contributed by atoms with van der Waals surface area (Å²) in [5.41, 5.74) is 0.928. The van der Waals surface area contributed by atoms with Crippen LogP contribution in [-0.4, -0.2) is 25.6 Å². The van der Waals surface area contributed by atoms with Crippen LogP contribution in [0.4, 0.5) is 0 Å². The average Bonchev–Trinajstić information content (AvgIpc) is 2.30. The zero-order chi connectivity index (χ0) is 13.6. The molecule has 0 radical (unpaired) electrons. The third kappa shape index (κ3) is 5.62. The second-order valence-corrected chi connectivity index (χ2v) is 6.14. The van der Waals surface area contributed by atoms with Crippen molar-refractivity contribution in [1.82, 2.24) is 0 Å². The van der Waals surface area contributed by atoms with Crippen molar-refractivity contribution in [3.63, 3.8) is 0 Å². The highest BCUT2D eigenvalue weighted by Gasteiger charge is 2.08. The van der Waals surface area contributed by atoms with Crippen molar-refractivity contribution in [1.29, 1.82) is 0 Å². The molecule has 1 unspecified atom stereocenters. The molecule has 1 aromatic rings. The first-order chi connectivity index (χ1) is 8.39. The van der Waals surface area contributed by atoms with E-state index in [0.29, 0.717) is 0 Å². The number of benzene rings is 1. The largest absolute Gasteiger partial charge is 0.744 e. The summed E-state index contributed by atoms with van der Waals surface area (Å²) in [4.78, 5) is -0.178. The number of aryl methyl sites for hydroxylation is 1. The number of rotatable bonds is 1. The van der Waals surface area contributed by atoms with Gasteiger partial charge in [-0.3, -0.25) is 0 Å². The summed E-state index contributed by atoms with van der Waals surface area (Å²) in [5, 5.41) is 2.43. The molecule has 1 aliphatic heterocycles. The van der Waals surface area contributed by atoms with E-state index in [1.165, 1.54) is 37.9 Å². The fraction of sp³-hybridized carbons (Fsp3) is 0.538. The van der Waals surface area contributed by atoms with Crippen LogP contribution in [0.5, 0.6) is 0 Å². The minimum atomic E-state index is -4.27. The Balaban J connectivity index is 0.000000199. The van der Waals surface area contributed by atoms with E-state index in [9.17, 15) is 13.0 Å². The number of piperidine rings is 1. The molecule has 0 bridgehead atoms. The quantitative estimate of drug-likeness (QED) is 0.775. The first kappa shape index (κ1) is 15.1. The van der Waals surface area contributed by atoms with Gasteiger partial charge in [-0.2, -0.15) is 0 Å². The monoisotopic (exact) mass is 271 g/mol. The predicted molar refractivity (Wildman–Crippen MR) is 69.2 cm³/mol. The van der Waals surface area contributed by atoms with Gasteiger partial charge in [0.1, 0.15) is 10.1 Å². The maximum atomic E-state index is 10.4. The first-order valence-electron chi connectivity index (χ1n) is 6.25. The maximum Gasteiger partial charge on any atom is 0.124 e. The molecule has 1 saturated heterocycles. The predicted octanol–water partition coefficient (Wildman–Crippen LogP) is 1.02. The van der Waals surface area contributed by atoms with Crippen molar-refractivity contribution in [3.8, 4) is 0 Å². The van der Waals surface area contributed by atoms with E-state index in [1.54, 1.807) is 12.1 Å². The van der Waals surface area contributed by atoms with Gasteiger partial charge in [0.05, 0.1) is 17.5 Å². The Bertz CT molecular complexity index is 448. The van der Waals surface area contributed by atoms with Crippen LogP contribution >= 0.6 is 0 Å². The summed E-state index contributed by atoms with van der Waals surface area (Å²) < 4.78 is 31.2. The fourth-order valence-corrected chi connectivity index (χ4v) is 2.31. The Morgan fingerprint density at radius 3 is 2.17 bits per heavy atom. The minimum absolute atomic E-state index is 0.178. The molecule has 2 N–H and O–H groups in total. The Morgan fingerprint density at radius 1 is 1.22 bits per heavy atom. The molecule has 5 heteroatoms. The van der Waals surface area contributed by atoms with Gasteiger partial charge in [0.15, 0.2) is 0 Å². The van der Waals surface area contributed by atoms with E-state index in [1.807, 2.05) is 6.92 Å². The zero-order valence-corrected chi connectivity index (χ0v) is 11.7. The topological polar surface area (TPSA) is 73.8 Å². The molecule has 0 aliphatic carbocycles. The summed E-state index contributed by atoms with van der Waals surface area (Å²) in [7, 11) is -4.27. The van der Waals surface area contributed by atoms with E-state index >= 15 is 0 Å². The third-order valence-corrected chi connectivity index (χ3v) is 3.84. The van der Waals surface area contributed by atoms with Crippen LogP contribution in [0.15, 0.2) is 29.2 Å². The Kier molecular flexibility index (Phi) is 5.78. The van der Waals surface area contributed by atoms with Crippen LogP contribution in [0.25, 0.3) is 0 Å². The standard InChI is InChI=1S/C7H8O3S.C6H13N/c1-6-2-4-7(5-3-6)11(8,9)10;1-6-4-2-3-5-7-6/h2-5H,1H3,(H,8,9,10);6-7H,2-5H2,1H3. The molecule has 0 saturated carbocycles. The average molecular weight is 271 g/mol. The van der Waals surface area contributed by atoms with Gasteiger partial charge in [-0.15, -0.1) is 0 Å². The van der Waals surface area contributed by atoms with E-state index in [0.717, 1.165) is 11.6 Å². The lowest BCUT2D eigenvalue weighted by Crippen LogP contribution is -2.90. The van der Waals surface area contributed by atoms with Crippen LogP contribution in [0.2, 0.25) is 0 Å². The van der Waals surface area contributed by atoms with Crippen LogP contribution in [0.1, 0.15) is 31.7 Å². The third-order valence-electron chi connectivity index (χ3n) is 2.99. The highest BCUT2D eigenvalue weighted by molar-refractivity contribution is 7.85. The molecule has 1 atom stereocenters. The second kappa shape index (κ2) is 6.87. The van der Waals surface area contributed by atoms with Crippen molar-refractivity contribution in [2.75, 3.05) is 6.54 Å². The molecule has 4 nitrogen and oxygen atoms in total. The summed E-state index contributed by atoms with van der Waals surface area (Å²) in [6.07, 6.45) is 4.32. The van der Waals surface area contributed by atoms with Gasteiger partial charge in [-0.25, -0.2) is 8.42 Å². The molecular weight excluding hydrogens is 250 g/mol. The van der Waals surface area contributed by atoms with Crippen molar-refractivity contribution >= 4 is 10.1 Å². The molecule has 0 aromatic heterocycles. The molecule has 0 amide bonds. The highest BCUT2D eigenvalue weighted by Crippen LogP contribution is 2.08. The molecule has 1 aromatic carbocycles. The normalized spacial score (nSPS) is 19.8. The second-order valence-electron chi connectivity index (χ2n) is 4.76. The molecule has 0 spiro atoms. The van der Waals surface area contributed by atoms with Crippen LogP contribution in [-0.2, 0) is 10.1 Å². The van der Waals surface area contributed by atoms with E-state index in [-0.39, 0.29) is 4.90 Å². The number of hydrogen-bond donors (Lipinski definition) is 1. The highest BCUT2D eigenvalue weighted by atomic mass is 32.2. The first-order valence-corrected chi connectivity index (χ1v) is 7.66. The molecule has 1 heterocycles. The van der Waals surface area contributed by atoms with Crippen molar-refractivity contribution in [2.24, 2.45) is 0 Å². The van der Waals surface area contributed by atoms with Gasteiger partial charge in [0.25, 0.3) is 0 Å². The van der Waals surface area contributed by atoms with Gasteiger partial charge >= 0.3 is 0 Å². The molecule has 1 aliphatic rings. The molecule has 102 valence electrons. The van der Waals surface area contributed by atoms with E-state index in [2.05, 4.69) is 12.2 Å². The number of quaternary nitrogens is 1.